The van der Waals surface area contributed by atoms with Crippen molar-refractivity contribution in [1.29, 1.82) is 0 Å². The largest absolute Gasteiger partial charge is 0.379 e. The van der Waals surface area contributed by atoms with E-state index in [4.69, 9.17) is 16.3 Å². The molecule has 0 bridgehead atoms. The van der Waals surface area contributed by atoms with E-state index in [0.29, 0.717) is 18.8 Å². The number of halogens is 1. The Hall–Kier alpha value is -1.07. The first-order valence-electron chi connectivity index (χ1n) is 7.09. The molecular weight excluding hydrogens is 278 g/mol. The molecule has 2 heterocycles. The molecular formula is C14H22ClN3O2. The standard InChI is InChI=1S/C14H22ClN3O2/c1-4-6-18-13(19)12(15)11(9-16-18)17-10-5-7-20-14(2,3)8-10/h9-10,17H,4-8H2,1-3H3. The molecule has 112 valence electrons. The lowest BCUT2D eigenvalue weighted by molar-refractivity contribution is -0.0553. The number of anilines is 1. The molecule has 0 aliphatic carbocycles. The van der Waals surface area contributed by atoms with Crippen LogP contribution in [-0.4, -0.2) is 28.0 Å². The predicted octanol–water partition coefficient (Wildman–Crippen LogP) is 2.68. The van der Waals surface area contributed by atoms with Gasteiger partial charge in [0.05, 0.1) is 17.5 Å². The van der Waals surface area contributed by atoms with Crippen LogP contribution in [0.1, 0.15) is 40.0 Å². The topological polar surface area (TPSA) is 56.1 Å². The summed E-state index contributed by atoms with van der Waals surface area (Å²) in [5.41, 5.74) is 0.240. The number of nitrogens with one attached hydrogen (secondary N) is 1. The predicted molar refractivity (Wildman–Crippen MR) is 80.5 cm³/mol. The maximum atomic E-state index is 12.1. The summed E-state index contributed by atoms with van der Waals surface area (Å²) in [6.45, 7) is 7.43. The minimum atomic E-state index is -0.232. The van der Waals surface area contributed by atoms with Crippen molar-refractivity contribution in [2.24, 2.45) is 0 Å². The Bertz CT molecular complexity index is 528. The number of rotatable bonds is 4. The van der Waals surface area contributed by atoms with Gasteiger partial charge in [-0.25, -0.2) is 4.68 Å². The van der Waals surface area contributed by atoms with Crippen LogP contribution in [-0.2, 0) is 11.3 Å². The van der Waals surface area contributed by atoms with E-state index >= 15 is 0 Å². The molecule has 1 aliphatic rings. The first-order valence-corrected chi connectivity index (χ1v) is 7.47. The number of aromatic nitrogens is 2. The third-order valence-electron chi connectivity index (χ3n) is 3.48. The Morgan fingerprint density at radius 1 is 1.60 bits per heavy atom. The lowest BCUT2D eigenvalue weighted by atomic mass is 9.94. The normalized spacial score (nSPS) is 21.7. The summed E-state index contributed by atoms with van der Waals surface area (Å²) in [5, 5.41) is 7.70. The zero-order valence-corrected chi connectivity index (χ0v) is 13.0. The first kappa shape index (κ1) is 15.3. The van der Waals surface area contributed by atoms with Crippen LogP contribution >= 0.6 is 11.6 Å². The van der Waals surface area contributed by atoms with Crippen molar-refractivity contribution in [3.63, 3.8) is 0 Å². The molecule has 0 saturated carbocycles. The summed E-state index contributed by atoms with van der Waals surface area (Å²) < 4.78 is 7.09. The molecule has 1 aromatic heterocycles. The maximum absolute atomic E-state index is 12.1. The molecule has 1 aliphatic heterocycles. The third-order valence-corrected chi connectivity index (χ3v) is 3.84. The van der Waals surface area contributed by atoms with Crippen molar-refractivity contribution in [3.8, 4) is 0 Å². The molecule has 0 spiro atoms. The van der Waals surface area contributed by atoms with Crippen LogP contribution in [0.2, 0.25) is 5.02 Å². The van der Waals surface area contributed by atoms with Gasteiger partial charge in [0, 0.05) is 19.2 Å². The number of nitrogens with zero attached hydrogens (tertiary/aromatic N) is 2. The van der Waals surface area contributed by atoms with Gasteiger partial charge >= 0.3 is 0 Å². The summed E-state index contributed by atoms with van der Waals surface area (Å²) in [5.74, 6) is 0. The van der Waals surface area contributed by atoms with Gasteiger partial charge in [-0.2, -0.15) is 5.10 Å². The average Bonchev–Trinajstić information content (AvgIpc) is 2.37. The van der Waals surface area contributed by atoms with Crippen molar-refractivity contribution in [1.82, 2.24) is 9.78 Å². The molecule has 1 atom stereocenters. The van der Waals surface area contributed by atoms with E-state index in [-0.39, 0.29) is 22.2 Å². The van der Waals surface area contributed by atoms with Gasteiger partial charge in [-0.05, 0) is 33.1 Å². The van der Waals surface area contributed by atoms with Crippen LogP contribution in [0.3, 0.4) is 0 Å². The minimum absolute atomic E-state index is 0.146. The summed E-state index contributed by atoms with van der Waals surface area (Å²) in [7, 11) is 0. The molecule has 1 unspecified atom stereocenters. The van der Waals surface area contributed by atoms with E-state index in [1.807, 2.05) is 6.92 Å². The maximum Gasteiger partial charge on any atom is 0.287 e. The fourth-order valence-electron chi connectivity index (χ4n) is 2.51. The van der Waals surface area contributed by atoms with Crippen LogP contribution in [0.4, 0.5) is 5.69 Å². The second kappa shape index (κ2) is 6.14. The monoisotopic (exact) mass is 299 g/mol. The van der Waals surface area contributed by atoms with Gasteiger partial charge in [-0.15, -0.1) is 0 Å². The van der Waals surface area contributed by atoms with Crippen LogP contribution in [0.15, 0.2) is 11.0 Å². The van der Waals surface area contributed by atoms with E-state index in [0.717, 1.165) is 19.3 Å². The number of hydrogen-bond donors (Lipinski definition) is 1. The highest BCUT2D eigenvalue weighted by Crippen LogP contribution is 2.27. The summed E-state index contributed by atoms with van der Waals surface area (Å²) >= 11 is 6.16. The fraction of sp³-hybridized carbons (Fsp3) is 0.714. The van der Waals surface area contributed by atoms with Gasteiger partial charge in [-0.3, -0.25) is 4.79 Å². The van der Waals surface area contributed by atoms with Crippen molar-refractivity contribution >= 4 is 17.3 Å². The average molecular weight is 300 g/mol. The van der Waals surface area contributed by atoms with Crippen molar-refractivity contribution < 1.29 is 4.74 Å². The second-order valence-corrected chi connectivity index (χ2v) is 6.22. The van der Waals surface area contributed by atoms with E-state index < -0.39 is 0 Å². The summed E-state index contributed by atoms with van der Waals surface area (Å²) in [6, 6.07) is 0.250. The summed E-state index contributed by atoms with van der Waals surface area (Å²) in [6.07, 6.45) is 4.27. The van der Waals surface area contributed by atoms with Gasteiger partial charge in [0.15, 0.2) is 0 Å². The second-order valence-electron chi connectivity index (χ2n) is 5.84. The zero-order valence-electron chi connectivity index (χ0n) is 12.3. The first-order chi connectivity index (χ1) is 9.43. The quantitative estimate of drug-likeness (QED) is 0.928. The van der Waals surface area contributed by atoms with E-state index in [9.17, 15) is 4.79 Å². The lowest BCUT2D eigenvalue weighted by Gasteiger charge is -2.36. The molecule has 20 heavy (non-hydrogen) atoms. The third kappa shape index (κ3) is 3.52. The smallest absolute Gasteiger partial charge is 0.287 e. The van der Waals surface area contributed by atoms with E-state index in [2.05, 4.69) is 24.3 Å². The molecule has 5 nitrogen and oxygen atoms in total. The van der Waals surface area contributed by atoms with Gasteiger partial charge < -0.3 is 10.1 Å². The van der Waals surface area contributed by atoms with Crippen LogP contribution < -0.4 is 10.9 Å². The van der Waals surface area contributed by atoms with Crippen LogP contribution in [0, 0.1) is 0 Å². The molecule has 0 amide bonds. The van der Waals surface area contributed by atoms with E-state index in [1.165, 1.54) is 4.68 Å². The Balaban J connectivity index is 2.14. The molecule has 0 aromatic carbocycles. The number of ether oxygens (including phenoxy) is 1. The fourth-order valence-corrected chi connectivity index (χ4v) is 2.71. The van der Waals surface area contributed by atoms with Crippen LogP contribution in [0.25, 0.3) is 0 Å². The Kier molecular flexibility index (Phi) is 4.70. The molecule has 1 fully saturated rings. The Labute approximate surface area is 124 Å². The van der Waals surface area contributed by atoms with Crippen LogP contribution in [0.5, 0.6) is 0 Å². The highest BCUT2D eigenvalue weighted by Gasteiger charge is 2.29. The van der Waals surface area contributed by atoms with Crippen molar-refractivity contribution in [3.05, 3.63) is 21.6 Å². The molecule has 1 N–H and O–H groups in total. The van der Waals surface area contributed by atoms with E-state index in [1.54, 1.807) is 6.20 Å². The zero-order chi connectivity index (χ0) is 14.8. The molecule has 1 saturated heterocycles. The summed E-state index contributed by atoms with van der Waals surface area (Å²) in [4.78, 5) is 12.1. The highest BCUT2D eigenvalue weighted by atomic mass is 35.5. The minimum Gasteiger partial charge on any atom is -0.379 e. The highest BCUT2D eigenvalue weighted by molar-refractivity contribution is 6.32. The molecule has 0 radical (unpaired) electrons. The molecule has 1 aromatic rings. The van der Waals surface area contributed by atoms with Gasteiger partial charge in [0.25, 0.3) is 5.56 Å². The van der Waals surface area contributed by atoms with Gasteiger partial charge in [0.1, 0.15) is 5.02 Å². The Morgan fingerprint density at radius 3 is 3.00 bits per heavy atom. The van der Waals surface area contributed by atoms with Gasteiger partial charge in [-0.1, -0.05) is 18.5 Å². The van der Waals surface area contributed by atoms with Crippen molar-refractivity contribution in [2.75, 3.05) is 11.9 Å². The molecule has 6 heteroatoms. The number of aryl methyl sites for hydroxylation is 1. The SMILES string of the molecule is CCCn1ncc(NC2CCOC(C)(C)C2)c(Cl)c1=O. The lowest BCUT2D eigenvalue weighted by Crippen LogP contribution is -2.40. The van der Waals surface area contributed by atoms with Crippen molar-refractivity contribution in [2.45, 2.75) is 58.2 Å². The Morgan fingerprint density at radius 2 is 2.35 bits per heavy atom. The number of hydrogen-bond acceptors (Lipinski definition) is 4. The van der Waals surface area contributed by atoms with Gasteiger partial charge in [0.2, 0.25) is 0 Å². The molecule has 2 rings (SSSR count).